The normalized spacial score (nSPS) is 19.6. The lowest BCUT2D eigenvalue weighted by Gasteiger charge is -2.39. The fourth-order valence-electron chi connectivity index (χ4n) is 4.85. The van der Waals surface area contributed by atoms with E-state index < -0.39 is 11.7 Å². The molecule has 1 spiro atoms. The maximum absolute atomic E-state index is 12.5. The van der Waals surface area contributed by atoms with E-state index in [4.69, 9.17) is 9.47 Å². The summed E-state index contributed by atoms with van der Waals surface area (Å²) < 4.78 is 13.8. The fourth-order valence-corrected chi connectivity index (χ4v) is 4.85. The van der Waals surface area contributed by atoms with Gasteiger partial charge in [0, 0.05) is 38.4 Å². The second-order valence-corrected chi connectivity index (χ2v) is 8.46. The molecule has 3 heterocycles. The van der Waals surface area contributed by atoms with E-state index >= 15 is 0 Å². The third-order valence-corrected chi connectivity index (χ3v) is 6.59. The lowest BCUT2D eigenvalue weighted by atomic mass is 9.83. The van der Waals surface area contributed by atoms with Crippen molar-refractivity contribution in [2.45, 2.75) is 31.1 Å². The van der Waals surface area contributed by atoms with Gasteiger partial charge in [0.15, 0.2) is 6.10 Å². The zero-order valence-electron chi connectivity index (χ0n) is 18.5. The van der Waals surface area contributed by atoms with E-state index in [1.165, 1.54) is 5.56 Å². The average molecular weight is 433 g/mol. The minimum atomic E-state index is -0.573. The molecule has 1 N–H and O–H groups in total. The number of benzene rings is 2. The molecule has 0 saturated carbocycles. The number of fused-ring (bicyclic) bond motifs is 2. The molecule has 5 rings (SSSR count). The predicted molar refractivity (Wildman–Crippen MR) is 121 cm³/mol. The summed E-state index contributed by atoms with van der Waals surface area (Å²) in [6.45, 7) is 2.61. The molecule has 0 aliphatic carbocycles. The Balaban J connectivity index is 1.31. The van der Waals surface area contributed by atoms with Crippen molar-refractivity contribution < 1.29 is 14.3 Å². The number of aromatic nitrogens is 2. The highest BCUT2D eigenvalue weighted by Gasteiger charge is 2.48. The second-order valence-electron chi connectivity index (χ2n) is 8.46. The van der Waals surface area contributed by atoms with Crippen molar-refractivity contribution in [3.05, 3.63) is 77.6 Å². The number of nitrogens with zero attached hydrogens (tertiary/aromatic N) is 3. The van der Waals surface area contributed by atoms with Crippen LogP contribution in [0.3, 0.4) is 0 Å². The summed E-state index contributed by atoms with van der Waals surface area (Å²) in [7, 11) is 3.32. The Labute approximate surface area is 187 Å². The van der Waals surface area contributed by atoms with E-state index in [-0.39, 0.29) is 5.91 Å². The Morgan fingerprint density at radius 2 is 2.00 bits per heavy atom. The number of nitrogens with one attached hydrogen (secondary N) is 1. The van der Waals surface area contributed by atoms with Crippen molar-refractivity contribution >= 4 is 5.91 Å². The van der Waals surface area contributed by atoms with Crippen molar-refractivity contribution in [3.63, 3.8) is 0 Å². The van der Waals surface area contributed by atoms with E-state index in [1.807, 2.05) is 59.4 Å². The SMILES string of the molecule is CNC(=O)C1OC2(CCN(Cc3cnn(-c4ccccc4)c3)CC2)c2cc(OC)ccc21. The van der Waals surface area contributed by atoms with Crippen LogP contribution in [0.5, 0.6) is 5.75 Å². The molecule has 1 aromatic heterocycles. The molecule has 0 radical (unpaired) electrons. The van der Waals surface area contributed by atoms with Gasteiger partial charge in [-0.05, 0) is 48.2 Å². The molecule has 1 atom stereocenters. The van der Waals surface area contributed by atoms with Gasteiger partial charge in [-0.1, -0.05) is 24.3 Å². The monoisotopic (exact) mass is 432 g/mol. The minimum absolute atomic E-state index is 0.107. The molecule has 166 valence electrons. The molecular weight excluding hydrogens is 404 g/mol. The van der Waals surface area contributed by atoms with Gasteiger partial charge in [-0.3, -0.25) is 9.69 Å². The van der Waals surface area contributed by atoms with Crippen molar-refractivity contribution in [3.8, 4) is 11.4 Å². The Morgan fingerprint density at radius 3 is 2.72 bits per heavy atom. The van der Waals surface area contributed by atoms with E-state index in [2.05, 4.69) is 21.5 Å². The van der Waals surface area contributed by atoms with E-state index in [0.29, 0.717) is 0 Å². The van der Waals surface area contributed by atoms with Crippen LogP contribution in [-0.4, -0.2) is 47.8 Å². The molecule has 1 unspecified atom stereocenters. The van der Waals surface area contributed by atoms with Gasteiger partial charge in [0.05, 0.1) is 24.6 Å². The largest absolute Gasteiger partial charge is 0.497 e. The smallest absolute Gasteiger partial charge is 0.253 e. The van der Waals surface area contributed by atoms with E-state index in [1.54, 1.807) is 14.2 Å². The minimum Gasteiger partial charge on any atom is -0.497 e. The molecule has 2 aliphatic rings. The number of likely N-dealkylation sites (tertiary alicyclic amines) is 1. The van der Waals surface area contributed by atoms with Gasteiger partial charge in [0.25, 0.3) is 5.91 Å². The van der Waals surface area contributed by atoms with Crippen LogP contribution in [-0.2, 0) is 21.7 Å². The summed E-state index contributed by atoms with van der Waals surface area (Å²) in [5.74, 6) is 0.684. The Kier molecular flexibility index (Phi) is 5.45. The van der Waals surface area contributed by atoms with Crippen LogP contribution < -0.4 is 10.1 Å². The first-order valence-corrected chi connectivity index (χ1v) is 11.0. The highest BCUT2D eigenvalue weighted by molar-refractivity contribution is 5.83. The van der Waals surface area contributed by atoms with Crippen molar-refractivity contribution in [1.82, 2.24) is 20.0 Å². The van der Waals surface area contributed by atoms with Gasteiger partial charge >= 0.3 is 0 Å². The maximum atomic E-state index is 12.5. The first-order chi connectivity index (χ1) is 15.6. The number of hydrogen-bond donors (Lipinski definition) is 1. The summed E-state index contributed by atoms with van der Waals surface area (Å²) in [4.78, 5) is 14.9. The first kappa shape index (κ1) is 20.7. The molecule has 32 heavy (non-hydrogen) atoms. The van der Waals surface area contributed by atoms with Crippen molar-refractivity contribution in [1.29, 1.82) is 0 Å². The molecular formula is C25H28N4O3. The molecule has 7 nitrogen and oxygen atoms in total. The van der Waals surface area contributed by atoms with Gasteiger partial charge in [0.2, 0.25) is 0 Å². The Bertz CT molecular complexity index is 1100. The molecule has 2 aromatic carbocycles. The molecule has 2 aliphatic heterocycles. The number of carbonyl (C=O) groups excluding carboxylic acids is 1. The lowest BCUT2D eigenvalue weighted by Crippen LogP contribution is -2.42. The summed E-state index contributed by atoms with van der Waals surface area (Å²) in [5.41, 5.74) is 3.82. The lowest BCUT2D eigenvalue weighted by molar-refractivity contribution is -0.150. The summed E-state index contributed by atoms with van der Waals surface area (Å²) in [5, 5.41) is 7.26. The van der Waals surface area contributed by atoms with Crippen LogP contribution in [0.25, 0.3) is 5.69 Å². The second kappa shape index (κ2) is 8.41. The Hall–Kier alpha value is -3.16. The van der Waals surface area contributed by atoms with E-state index in [0.717, 1.165) is 55.0 Å². The number of ether oxygens (including phenoxy) is 2. The fraction of sp³-hybridized carbons (Fsp3) is 0.360. The molecule has 1 saturated heterocycles. The van der Waals surface area contributed by atoms with Crippen LogP contribution in [0.15, 0.2) is 60.9 Å². The van der Waals surface area contributed by atoms with E-state index in [9.17, 15) is 4.79 Å². The zero-order valence-corrected chi connectivity index (χ0v) is 18.5. The first-order valence-electron chi connectivity index (χ1n) is 11.0. The third-order valence-electron chi connectivity index (χ3n) is 6.59. The zero-order chi connectivity index (χ0) is 22.1. The molecule has 3 aromatic rings. The van der Waals surface area contributed by atoms with Crippen LogP contribution in [0.4, 0.5) is 0 Å². The number of rotatable bonds is 5. The average Bonchev–Trinajstić information content (AvgIpc) is 3.43. The number of likely N-dealkylation sites (N-methyl/N-ethyl adjacent to an activating group) is 1. The topological polar surface area (TPSA) is 68.6 Å². The van der Waals surface area contributed by atoms with Gasteiger partial charge in [0.1, 0.15) is 5.75 Å². The highest BCUT2D eigenvalue weighted by atomic mass is 16.5. The number of piperidine rings is 1. The highest BCUT2D eigenvalue weighted by Crippen LogP contribution is 2.50. The number of para-hydroxylation sites is 1. The third kappa shape index (κ3) is 3.67. The number of amides is 1. The number of hydrogen-bond acceptors (Lipinski definition) is 5. The molecule has 1 fully saturated rings. The molecule has 0 bridgehead atoms. The predicted octanol–water partition coefficient (Wildman–Crippen LogP) is 3.19. The van der Waals surface area contributed by atoms with Crippen molar-refractivity contribution in [2.75, 3.05) is 27.2 Å². The van der Waals surface area contributed by atoms with Crippen LogP contribution in [0.2, 0.25) is 0 Å². The maximum Gasteiger partial charge on any atom is 0.253 e. The number of carbonyl (C=O) groups is 1. The van der Waals surface area contributed by atoms with Gasteiger partial charge < -0.3 is 14.8 Å². The van der Waals surface area contributed by atoms with Gasteiger partial charge in [-0.25, -0.2) is 4.68 Å². The van der Waals surface area contributed by atoms with Crippen LogP contribution >= 0.6 is 0 Å². The van der Waals surface area contributed by atoms with Crippen molar-refractivity contribution in [2.24, 2.45) is 0 Å². The Morgan fingerprint density at radius 1 is 1.22 bits per heavy atom. The van der Waals surface area contributed by atoms with Crippen LogP contribution in [0.1, 0.15) is 35.6 Å². The summed E-state index contributed by atoms with van der Waals surface area (Å²) in [6.07, 6.45) is 5.11. The summed E-state index contributed by atoms with van der Waals surface area (Å²) in [6, 6.07) is 16.0. The quantitative estimate of drug-likeness (QED) is 0.671. The van der Waals surface area contributed by atoms with Gasteiger partial charge in [-0.15, -0.1) is 0 Å². The number of methoxy groups -OCH3 is 1. The van der Waals surface area contributed by atoms with Crippen LogP contribution in [0, 0.1) is 0 Å². The molecule has 1 amide bonds. The molecule has 7 heteroatoms. The standard InChI is InChI=1S/C25H28N4O3/c1-26-24(30)23-21-9-8-20(31-2)14-22(21)25(32-23)10-12-28(13-11-25)16-18-15-27-29(17-18)19-6-4-3-5-7-19/h3-9,14-15,17,23H,10-13,16H2,1-2H3,(H,26,30). The van der Waals surface area contributed by atoms with Gasteiger partial charge in [-0.2, -0.15) is 5.10 Å². The summed E-state index contributed by atoms with van der Waals surface area (Å²) >= 11 is 0.